The molecule has 1 aliphatic heterocycles. The zero-order valence-electron chi connectivity index (χ0n) is 12.2. The lowest BCUT2D eigenvalue weighted by molar-refractivity contribution is 0.134. The molecule has 4 rings (SSSR count). The summed E-state index contributed by atoms with van der Waals surface area (Å²) in [7, 11) is 0. The summed E-state index contributed by atoms with van der Waals surface area (Å²) in [6, 6.07) is 12.4. The molecule has 0 N–H and O–H groups in total. The maximum Gasteiger partial charge on any atom is 0.144 e. The molecular weight excluding hydrogens is 293 g/mol. The molecule has 2 aromatic carbocycles. The Labute approximate surface area is 132 Å². The lowest BCUT2D eigenvalue weighted by atomic mass is 10.1. The Hall–Kier alpha value is -2.97. The molecule has 0 spiro atoms. The second-order valence-electron chi connectivity index (χ2n) is 5.37. The molecule has 4 nitrogen and oxygen atoms in total. The van der Waals surface area contributed by atoms with Gasteiger partial charge in [-0.1, -0.05) is 6.07 Å². The van der Waals surface area contributed by atoms with Gasteiger partial charge in [-0.15, -0.1) is 0 Å². The maximum absolute atomic E-state index is 13.5. The number of ether oxygens (including phenoxy) is 1. The van der Waals surface area contributed by atoms with Crippen molar-refractivity contribution in [2.75, 3.05) is 0 Å². The summed E-state index contributed by atoms with van der Waals surface area (Å²) in [5, 5.41) is 9.00. The van der Waals surface area contributed by atoms with Crippen molar-refractivity contribution in [3.05, 3.63) is 71.3 Å². The summed E-state index contributed by atoms with van der Waals surface area (Å²) < 4.78 is 20.9. The summed E-state index contributed by atoms with van der Waals surface area (Å²) in [6.45, 7) is 1.26. The fourth-order valence-corrected chi connectivity index (χ4v) is 2.78. The van der Waals surface area contributed by atoms with Crippen LogP contribution in [0.5, 0.6) is 0 Å². The molecule has 2 heterocycles. The standard InChI is InChI=1S/C18H12FN3O/c19-17-4-2-12(7-14(17)9-20)18-21-5-6-22(18)16-3-1-13-10-23-11-15(13)8-16/h1-8H,10-11H2. The SMILES string of the molecule is N#Cc1cc(-c2nccn2-c2ccc3c(c2)COC3)ccc1F. The molecule has 3 aromatic rings. The zero-order valence-corrected chi connectivity index (χ0v) is 12.2. The van der Waals surface area contributed by atoms with Gasteiger partial charge in [0.1, 0.15) is 17.7 Å². The smallest absolute Gasteiger partial charge is 0.144 e. The minimum absolute atomic E-state index is 0.0133. The molecule has 0 saturated carbocycles. The van der Waals surface area contributed by atoms with Crippen LogP contribution in [0.15, 0.2) is 48.8 Å². The largest absolute Gasteiger partial charge is 0.372 e. The van der Waals surface area contributed by atoms with E-state index in [0.29, 0.717) is 24.6 Å². The van der Waals surface area contributed by atoms with E-state index in [0.717, 1.165) is 5.69 Å². The fourth-order valence-electron chi connectivity index (χ4n) is 2.78. The number of hydrogen-bond acceptors (Lipinski definition) is 3. The van der Waals surface area contributed by atoms with Crippen molar-refractivity contribution >= 4 is 0 Å². The molecule has 0 unspecified atom stereocenters. The molecule has 23 heavy (non-hydrogen) atoms. The van der Waals surface area contributed by atoms with Crippen molar-refractivity contribution in [3.8, 4) is 23.1 Å². The van der Waals surface area contributed by atoms with E-state index in [4.69, 9.17) is 10.00 Å². The Kier molecular flexibility index (Phi) is 3.18. The molecule has 5 heteroatoms. The third-order valence-corrected chi connectivity index (χ3v) is 3.97. The number of rotatable bonds is 2. The van der Waals surface area contributed by atoms with Crippen LogP contribution in [0, 0.1) is 17.1 Å². The van der Waals surface area contributed by atoms with Crippen molar-refractivity contribution in [2.24, 2.45) is 0 Å². The second-order valence-corrected chi connectivity index (χ2v) is 5.37. The van der Waals surface area contributed by atoms with Crippen LogP contribution >= 0.6 is 0 Å². The van der Waals surface area contributed by atoms with Crippen LogP contribution in [0.4, 0.5) is 4.39 Å². The number of benzene rings is 2. The van der Waals surface area contributed by atoms with Crippen molar-refractivity contribution in [1.82, 2.24) is 9.55 Å². The minimum atomic E-state index is -0.524. The number of hydrogen-bond donors (Lipinski definition) is 0. The van der Waals surface area contributed by atoms with E-state index in [1.165, 1.54) is 23.3 Å². The van der Waals surface area contributed by atoms with Gasteiger partial charge in [0.05, 0.1) is 18.8 Å². The monoisotopic (exact) mass is 305 g/mol. The van der Waals surface area contributed by atoms with E-state index in [-0.39, 0.29) is 5.56 Å². The van der Waals surface area contributed by atoms with Gasteiger partial charge >= 0.3 is 0 Å². The van der Waals surface area contributed by atoms with Gasteiger partial charge in [-0.25, -0.2) is 9.37 Å². The van der Waals surface area contributed by atoms with Gasteiger partial charge in [0, 0.05) is 23.6 Å². The van der Waals surface area contributed by atoms with Crippen LogP contribution in [-0.4, -0.2) is 9.55 Å². The lowest BCUT2D eigenvalue weighted by Crippen LogP contribution is -1.98. The average Bonchev–Trinajstić information content (AvgIpc) is 3.23. The van der Waals surface area contributed by atoms with E-state index in [9.17, 15) is 4.39 Å². The highest BCUT2D eigenvalue weighted by Gasteiger charge is 2.14. The van der Waals surface area contributed by atoms with E-state index in [1.54, 1.807) is 12.3 Å². The Morgan fingerprint density at radius 1 is 1.13 bits per heavy atom. The lowest BCUT2D eigenvalue weighted by Gasteiger charge is -2.10. The molecule has 1 aliphatic rings. The van der Waals surface area contributed by atoms with Crippen LogP contribution in [0.25, 0.3) is 17.1 Å². The Morgan fingerprint density at radius 3 is 2.87 bits per heavy atom. The highest BCUT2D eigenvalue weighted by molar-refractivity contribution is 5.61. The number of imidazole rings is 1. The highest BCUT2D eigenvalue weighted by atomic mass is 19.1. The summed E-state index contributed by atoms with van der Waals surface area (Å²) in [5.74, 6) is 0.143. The molecule has 0 saturated heterocycles. The van der Waals surface area contributed by atoms with Gasteiger partial charge in [0.2, 0.25) is 0 Å². The van der Waals surface area contributed by atoms with E-state index in [1.807, 2.05) is 29.0 Å². The van der Waals surface area contributed by atoms with E-state index >= 15 is 0 Å². The molecule has 0 fully saturated rings. The zero-order chi connectivity index (χ0) is 15.8. The first-order valence-corrected chi connectivity index (χ1v) is 7.19. The topological polar surface area (TPSA) is 50.8 Å². The predicted molar refractivity (Wildman–Crippen MR) is 82.2 cm³/mol. The van der Waals surface area contributed by atoms with Gasteiger partial charge in [0.15, 0.2) is 0 Å². The van der Waals surface area contributed by atoms with Crippen LogP contribution < -0.4 is 0 Å². The van der Waals surface area contributed by atoms with Gasteiger partial charge in [-0.2, -0.15) is 5.26 Å². The summed E-state index contributed by atoms with van der Waals surface area (Å²) >= 11 is 0. The first-order valence-electron chi connectivity index (χ1n) is 7.19. The molecule has 0 bridgehead atoms. The predicted octanol–water partition coefficient (Wildman–Crippen LogP) is 3.58. The number of fused-ring (bicyclic) bond motifs is 1. The van der Waals surface area contributed by atoms with Crippen LogP contribution in [0.2, 0.25) is 0 Å². The fraction of sp³-hybridized carbons (Fsp3) is 0.111. The second kappa shape index (κ2) is 5.34. The molecule has 1 aromatic heterocycles. The third kappa shape index (κ3) is 2.30. The summed E-state index contributed by atoms with van der Waals surface area (Å²) in [5.41, 5.74) is 4.04. The van der Waals surface area contributed by atoms with Crippen LogP contribution in [0.3, 0.4) is 0 Å². The number of nitrogens with zero attached hydrogens (tertiary/aromatic N) is 3. The highest BCUT2D eigenvalue weighted by Crippen LogP contribution is 2.27. The number of aromatic nitrogens is 2. The van der Waals surface area contributed by atoms with E-state index < -0.39 is 5.82 Å². The van der Waals surface area contributed by atoms with Crippen LogP contribution in [-0.2, 0) is 18.0 Å². The quantitative estimate of drug-likeness (QED) is 0.727. The van der Waals surface area contributed by atoms with Gasteiger partial charge < -0.3 is 4.74 Å². The molecule has 0 radical (unpaired) electrons. The molecule has 0 amide bonds. The Bertz CT molecular complexity index is 940. The van der Waals surface area contributed by atoms with Gasteiger partial charge in [-0.05, 0) is 41.5 Å². The average molecular weight is 305 g/mol. The van der Waals surface area contributed by atoms with E-state index in [2.05, 4.69) is 11.1 Å². The van der Waals surface area contributed by atoms with Gasteiger partial charge in [-0.3, -0.25) is 4.57 Å². The van der Waals surface area contributed by atoms with Crippen LogP contribution in [0.1, 0.15) is 16.7 Å². The molecule has 112 valence electrons. The summed E-state index contributed by atoms with van der Waals surface area (Å²) in [4.78, 5) is 4.36. The molecule has 0 aliphatic carbocycles. The minimum Gasteiger partial charge on any atom is -0.372 e. The number of nitriles is 1. The summed E-state index contributed by atoms with van der Waals surface area (Å²) in [6.07, 6.45) is 3.54. The van der Waals surface area contributed by atoms with Crippen molar-refractivity contribution in [3.63, 3.8) is 0 Å². The van der Waals surface area contributed by atoms with Crippen molar-refractivity contribution in [2.45, 2.75) is 13.2 Å². The Morgan fingerprint density at radius 2 is 2.00 bits per heavy atom. The number of halogens is 1. The Balaban J connectivity index is 1.82. The maximum atomic E-state index is 13.5. The first kappa shape index (κ1) is 13.7. The normalized spacial score (nSPS) is 12.9. The first-order chi connectivity index (χ1) is 11.3. The third-order valence-electron chi connectivity index (χ3n) is 3.97. The van der Waals surface area contributed by atoms with Gasteiger partial charge in [0.25, 0.3) is 0 Å². The molecule has 0 atom stereocenters. The molecular formula is C18H12FN3O. The van der Waals surface area contributed by atoms with Crippen molar-refractivity contribution < 1.29 is 9.13 Å². The van der Waals surface area contributed by atoms with Crippen molar-refractivity contribution in [1.29, 1.82) is 5.26 Å².